The number of benzene rings is 2. The van der Waals surface area contributed by atoms with Crippen molar-refractivity contribution in [1.29, 1.82) is 0 Å². The van der Waals surface area contributed by atoms with Crippen LogP contribution < -0.4 is 5.32 Å². The lowest BCUT2D eigenvalue weighted by atomic mass is 10.1. The molecule has 0 unspecified atom stereocenters. The molecule has 0 aliphatic carbocycles. The fourth-order valence-electron chi connectivity index (χ4n) is 2.28. The van der Waals surface area contributed by atoms with E-state index in [4.69, 9.17) is 4.74 Å². The van der Waals surface area contributed by atoms with Gasteiger partial charge in [0.25, 0.3) is 5.91 Å². The van der Waals surface area contributed by atoms with E-state index in [9.17, 15) is 9.59 Å². The van der Waals surface area contributed by atoms with Gasteiger partial charge in [-0.25, -0.2) is 4.79 Å². The molecule has 2 rings (SSSR count). The van der Waals surface area contributed by atoms with Gasteiger partial charge in [0, 0.05) is 26.2 Å². The lowest BCUT2D eigenvalue weighted by molar-refractivity contribution is 0.0827. The van der Waals surface area contributed by atoms with Crippen molar-refractivity contribution >= 4 is 18.1 Å². The van der Waals surface area contributed by atoms with Crippen LogP contribution >= 0.6 is 0 Å². The van der Waals surface area contributed by atoms with Gasteiger partial charge in [-0.2, -0.15) is 0 Å². The van der Waals surface area contributed by atoms with E-state index in [1.165, 1.54) is 0 Å². The highest BCUT2D eigenvalue weighted by Gasteiger charge is 2.07. The predicted molar refractivity (Wildman–Crippen MR) is 103 cm³/mol. The minimum Gasteiger partial charge on any atom is -0.445 e. The second-order valence-corrected chi connectivity index (χ2v) is 6.00. The molecule has 2 aromatic rings. The molecule has 0 atom stereocenters. The summed E-state index contributed by atoms with van der Waals surface area (Å²) in [4.78, 5) is 25.1. The standard InChI is InChI=1S/C21H24N2O3/c1-23(2)20(24)19-13-8-12-17(15-19)9-6-7-14-22-21(25)26-16-18-10-4-3-5-11-18/h3-6,8-13,15H,7,14,16H2,1-2H3,(H,22,25). The van der Waals surface area contributed by atoms with Crippen molar-refractivity contribution in [2.45, 2.75) is 13.0 Å². The van der Waals surface area contributed by atoms with E-state index in [-0.39, 0.29) is 12.5 Å². The van der Waals surface area contributed by atoms with Crippen LogP contribution in [0, 0.1) is 0 Å². The summed E-state index contributed by atoms with van der Waals surface area (Å²) in [6, 6.07) is 17.0. The third kappa shape index (κ3) is 6.43. The van der Waals surface area contributed by atoms with Crippen LogP contribution in [0.3, 0.4) is 0 Å². The van der Waals surface area contributed by atoms with Gasteiger partial charge in [0.15, 0.2) is 0 Å². The van der Waals surface area contributed by atoms with Crippen LogP contribution in [-0.2, 0) is 11.3 Å². The highest BCUT2D eigenvalue weighted by Crippen LogP contribution is 2.09. The molecule has 26 heavy (non-hydrogen) atoms. The summed E-state index contributed by atoms with van der Waals surface area (Å²) in [5.74, 6) is -0.0249. The molecule has 0 fully saturated rings. The maximum atomic E-state index is 12.0. The summed E-state index contributed by atoms with van der Waals surface area (Å²) in [6.07, 6.45) is 4.13. The van der Waals surface area contributed by atoms with E-state index in [1.54, 1.807) is 25.1 Å². The van der Waals surface area contributed by atoms with Gasteiger partial charge in [0.2, 0.25) is 0 Å². The molecular formula is C21H24N2O3. The molecule has 1 N–H and O–H groups in total. The summed E-state index contributed by atoms with van der Waals surface area (Å²) < 4.78 is 5.14. The molecule has 0 saturated heterocycles. The number of hydrogen-bond donors (Lipinski definition) is 1. The number of nitrogens with one attached hydrogen (secondary N) is 1. The number of alkyl carbamates (subject to hydrolysis) is 1. The topological polar surface area (TPSA) is 58.6 Å². The largest absolute Gasteiger partial charge is 0.445 e. The van der Waals surface area contributed by atoms with Crippen LogP contribution in [0.1, 0.15) is 27.9 Å². The first-order valence-corrected chi connectivity index (χ1v) is 8.49. The molecule has 0 aliphatic heterocycles. The third-order valence-corrected chi connectivity index (χ3v) is 3.64. The van der Waals surface area contributed by atoms with Crippen molar-refractivity contribution < 1.29 is 14.3 Å². The number of ether oxygens (including phenoxy) is 1. The Labute approximate surface area is 154 Å². The summed E-state index contributed by atoms with van der Waals surface area (Å²) in [6.45, 7) is 0.746. The van der Waals surface area contributed by atoms with Crippen LogP contribution in [0.4, 0.5) is 4.79 Å². The van der Waals surface area contributed by atoms with E-state index in [2.05, 4.69) is 5.32 Å². The van der Waals surface area contributed by atoms with Gasteiger partial charge in [0.05, 0.1) is 0 Å². The Morgan fingerprint density at radius 3 is 2.58 bits per heavy atom. The molecule has 0 heterocycles. The lowest BCUT2D eigenvalue weighted by Crippen LogP contribution is -2.24. The number of amides is 2. The van der Waals surface area contributed by atoms with Crippen molar-refractivity contribution in [2.75, 3.05) is 20.6 Å². The fourth-order valence-corrected chi connectivity index (χ4v) is 2.28. The van der Waals surface area contributed by atoms with Gasteiger partial charge in [-0.3, -0.25) is 4.79 Å². The van der Waals surface area contributed by atoms with E-state index < -0.39 is 6.09 Å². The summed E-state index contributed by atoms with van der Waals surface area (Å²) in [5, 5.41) is 2.71. The zero-order chi connectivity index (χ0) is 18.8. The quantitative estimate of drug-likeness (QED) is 0.773. The number of carbonyl (C=O) groups is 2. The van der Waals surface area contributed by atoms with Crippen molar-refractivity contribution in [3.05, 3.63) is 77.4 Å². The Bertz CT molecular complexity index is 755. The Morgan fingerprint density at radius 1 is 1.08 bits per heavy atom. The van der Waals surface area contributed by atoms with Crippen LogP contribution in [0.15, 0.2) is 60.7 Å². The monoisotopic (exact) mass is 352 g/mol. The first-order chi connectivity index (χ1) is 12.6. The SMILES string of the molecule is CN(C)C(=O)c1cccc(C=CCCNC(=O)OCc2ccccc2)c1. The minimum atomic E-state index is -0.430. The Balaban J connectivity index is 1.71. The van der Waals surface area contributed by atoms with Crippen LogP contribution in [-0.4, -0.2) is 37.5 Å². The molecule has 136 valence electrons. The predicted octanol–water partition coefficient (Wildman–Crippen LogP) is 3.72. The molecular weight excluding hydrogens is 328 g/mol. The summed E-state index contributed by atoms with van der Waals surface area (Å²) in [7, 11) is 3.46. The van der Waals surface area contributed by atoms with E-state index in [1.807, 2.05) is 60.7 Å². The number of hydrogen-bond acceptors (Lipinski definition) is 3. The van der Waals surface area contributed by atoms with Crippen molar-refractivity contribution in [3.8, 4) is 0 Å². The second kappa shape index (κ2) is 10.0. The average Bonchev–Trinajstić information content (AvgIpc) is 2.66. The zero-order valence-corrected chi connectivity index (χ0v) is 15.1. The van der Waals surface area contributed by atoms with Crippen LogP contribution in [0.2, 0.25) is 0 Å². The van der Waals surface area contributed by atoms with E-state index in [0.29, 0.717) is 18.5 Å². The summed E-state index contributed by atoms with van der Waals surface area (Å²) >= 11 is 0. The molecule has 5 heteroatoms. The number of carbonyl (C=O) groups excluding carboxylic acids is 2. The van der Waals surface area contributed by atoms with E-state index in [0.717, 1.165) is 11.1 Å². The molecule has 2 amide bonds. The van der Waals surface area contributed by atoms with Crippen molar-refractivity contribution in [1.82, 2.24) is 10.2 Å². The van der Waals surface area contributed by atoms with Crippen molar-refractivity contribution in [3.63, 3.8) is 0 Å². The first-order valence-electron chi connectivity index (χ1n) is 8.49. The fraction of sp³-hybridized carbons (Fsp3) is 0.238. The average molecular weight is 352 g/mol. The van der Waals surface area contributed by atoms with Crippen molar-refractivity contribution in [2.24, 2.45) is 0 Å². The maximum Gasteiger partial charge on any atom is 0.407 e. The van der Waals surface area contributed by atoms with Gasteiger partial charge < -0.3 is 15.0 Å². The first kappa shape index (κ1) is 19.2. The smallest absolute Gasteiger partial charge is 0.407 e. The normalized spacial score (nSPS) is 10.5. The Hall–Kier alpha value is -3.08. The maximum absolute atomic E-state index is 12.0. The molecule has 0 radical (unpaired) electrons. The second-order valence-electron chi connectivity index (χ2n) is 6.00. The van der Waals surface area contributed by atoms with Gasteiger partial charge in [-0.1, -0.05) is 54.6 Å². The van der Waals surface area contributed by atoms with Gasteiger partial charge in [-0.15, -0.1) is 0 Å². The molecule has 2 aromatic carbocycles. The van der Waals surface area contributed by atoms with Gasteiger partial charge in [-0.05, 0) is 29.7 Å². The number of rotatable bonds is 7. The van der Waals surface area contributed by atoms with Crippen LogP contribution in [0.5, 0.6) is 0 Å². The highest BCUT2D eigenvalue weighted by atomic mass is 16.5. The molecule has 5 nitrogen and oxygen atoms in total. The third-order valence-electron chi connectivity index (χ3n) is 3.64. The Morgan fingerprint density at radius 2 is 1.85 bits per heavy atom. The minimum absolute atomic E-state index is 0.0249. The van der Waals surface area contributed by atoms with Gasteiger partial charge >= 0.3 is 6.09 Å². The van der Waals surface area contributed by atoms with E-state index >= 15 is 0 Å². The zero-order valence-electron chi connectivity index (χ0n) is 15.1. The molecule has 0 aromatic heterocycles. The molecule has 0 aliphatic rings. The lowest BCUT2D eigenvalue weighted by Gasteiger charge is -2.10. The van der Waals surface area contributed by atoms with Gasteiger partial charge in [0.1, 0.15) is 6.61 Å². The Kier molecular flexibility index (Phi) is 7.43. The highest BCUT2D eigenvalue weighted by molar-refractivity contribution is 5.94. The molecule has 0 saturated carbocycles. The summed E-state index contributed by atoms with van der Waals surface area (Å²) in [5.41, 5.74) is 2.55. The van der Waals surface area contributed by atoms with Crippen LogP contribution in [0.25, 0.3) is 6.08 Å². The number of nitrogens with zero attached hydrogens (tertiary/aromatic N) is 1. The molecule has 0 spiro atoms. The molecule has 0 bridgehead atoms.